The molecule has 2 aromatic carbocycles. The number of rotatable bonds is 6. The first-order valence-corrected chi connectivity index (χ1v) is 8.91. The van der Waals surface area contributed by atoms with Gasteiger partial charge >= 0.3 is 0 Å². The third kappa shape index (κ3) is 3.55. The first-order valence-electron chi connectivity index (χ1n) is 8.91. The van der Waals surface area contributed by atoms with E-state index in [0.717, 1.165) is 28.5 Å². The Hall–Kier alpha value is -3.73. The summed E-state index contributed by atoms with van der Waals surface area (Å²) < 4.78 is 11.7. The van der Waals surface area contributed by atoms with Crippen LogP contribution in [0.15, 0.2) is 79.6 Å². The smallest absolute Gasteiger partial charge is 0.230 e. The lowest BCUT2D eigenvalue weighted by Gasteiger charge is -2.13. The van der Waals surface area contributed by atoms with E-state index in [9.17, 15) is 0 Å². The summed E-state index contributed by atoms with van der Waals surface area (Å²) in [6, 6.07) is 17.4. The van der Waals surface area contributed by atoms with Crippen molar-refractivity contribution in [3.05, 3.63) is 85.2 Å². The van der Waals surface area contributed by atoms with E-state index in [1.165, 1.54) is 0 Å². The van der Waals surface area contributed by atoms with Crippen molar-refractivity contribution in [3.8, 4) is 28.8 Å². The van der Waals surface area contributed by atoms with Gasteiger partial charge in [-0.15, -0.1) is 6.58 Å². The minimum Gasteiger partial charge on any atom is -0.493 e. The minimum atomic E-state index is 0.472. The average molecular weight is 369 g/mol. The highest BCUT2D eigenvalue weighted by molar-refractivity contribution is 5.85. The highest BCUT2D eigenvalue weighted by atomic mass is 16.5. The fraction of sp³-hybridized carbons (Fsp3) is 0.0870. The third-order valence-corrected chi connectivity index (χ3v) is 4.30. The summed E-state index contributed by atoms with van der Waals surface area (Å²) in [5.74, 6) is 2.27. The Bertz CT molecular complexity index is 1130. The lowest BCUT2D eigenvalue weighted by atomic mass is 10.1. The van der Waals surface area contributed by atoms with Gasteiger partial charge in [0.2, 0.25) is 5.88 Å². The number of hydrogen-bond donors (Lipinski definition) is 0. The van der Waals surface area contributed by atoms with Crippen molar-refractivity contribution < 1.29 is 9.47 Å². The van der Waals surface area contributed by atoms with Gasteiger partial charge in [0, 0.05) is 18.0 Å². The minimum absolute atomic E-state index is 0.472. The Labute approximate surface area is 163 Å². The van der Waals surface area contributed by atoms with E-state index in [1.54, 1.807) is 19.5 Å². The molecule has 0 aliphatic carbocycles. The molecule has 0 N–H and O–H groups in total. The van der Waals surface area contributed by atoms with Crippen molar-refractivity contribution in [3.63, 3.8) is 0 Å². The Morgan fingerprint density at radius 2 is 1.89 bits per heavy atom. The van der Waals surface area contributed by atoms with E-state index in [4.69, 9.17) is 9.47 Å². The molecule has 0 bridgehead atoms. The van der Waals surface area contributed by atoms with Crippen LogP contribution in [0.5, 0.6) is 17.4 Å². The van der Waals surface area contributed by atoms with E-state index in [1.807, 2.05) is 60.7 Å². The van der Waals surface area contributed by atoms with Crippen LogP contribution in [-0.2, 0) is 6.42 Å². The van der Waals surface area contributed by atoms with Gasteiger partial charge in [-0.05, 0) is 48.4 Å². The van der Waals surface area contributed by atoms with Crippen LogP contribution < -0.4 is 9.47 Å². The number of methoxy groups -OCH3 is 1. The molecule has 0 saturated heterocycles. The number of aromatic nitrogens is 3. The molecule has 4 aromatic rings. The van der Waals surface area contributed by atoms with E-state index >= 15 is 0 Å². The molecule has 0 unspecified atom stereocenters. The number of nitrogens with zero attached hydrogens (tertiary/aromatic N) is 3. The van der Waals surface area contributed by atoms with Crippen molar-refractivity contribution in [2.24, 2.45) is 0 Å². The molecule has 2 aromatic heterocycles. The fourth-order valence-corrected chi connectivity index (χ4v) is 2.94. The van der Waals surface area contributed by atoms with Crippen LogP contribution >= 0.6 is 0 Å². The van der Waals surface area contributed by atoms with E-state index in [0.29, 0.717) is 23.2 Å². The van der Waals surface area contributed by atoms with Gasteiger partial charge in [-0.1, -0.05) is 24.3 Å². The Morgan fingerprint density at radius 1 is 1.00 bits per heavy atom. The normalized spacial score (nSPS) is 10.6. The van der Waals surface area contributed by atoms with Crippen molar-refractivity contribution in [2.75, 3.05) is 7.11 Å². The summed E-state index contributed by atoms with van der Waals surface area (Å²) in [4.78, 5) is 13.5. The second kappa shape index (κ2) is 7.88. The standard InChI is InChI=1S/C23H19N3O2/c1-3-7-16-11-12-20(21(14-16)27-2)28-23-18-9-4-5-10-19(18)25-22(26-23)17-8-6-13-24-15-17/h3-6,8-15H,1,7H2,2H3. The van der Waals surface area contributed by atoms with Crippen molar-refractivity contribution in [1.29, 1.82) is 0 Å². The maximum absolute atomic E-state index is 6.19. The zero-order valence-corrected chi connectivity index (χ0v) is 15.5. The van der Waals surface area contributed by atoms with Gasteiger partial charge in [-0.2, -0.15) is 4.98 Å². The molecular weight excluding hydrogens is 350 g/mol. The van der Waals surface area contributed by atoms with Gasteiger partial charge in [0.15, 0.2) is 17.3 Å². The second-order valence-electron chi connectivity index (χ2n) is 6.19. The quantitative estimate of drug-likeness (QED) is 0.436. The molecule has 4 rings (SSSR count). The Balaban J connectivity index is 1.81. The van der Waals surface area contributed by atoms with Crippen LogP contribution in [-0.4, -0.2) is 22.1 Å². The van der Waals surface area contributed by atoms with Crippen LogP contribution in [0.25, 0.3) is 22.3 Å². The van der Waals surface area contributed by atoms with Gasteiger partial charge in [-0.25, -0.2) is 4.98 Å². The van der Waals surface area contributed by atoms with Gasteiger partial charge in [0.25, 0.3) is 0 Å². The average Bonchev–Trinajstić information content (AvgIpc) is 2.75. The number of pyridine rings is 1. The zero-order valence-electron chi connectivity index (χ0n) is 15.5. The summed E-state index contributed by atoms with van der Waals surface area (Å²) in [7, 11) is 1.62. The number of allylic oxidation sites excluding steroid dienone is 1. The topological polar surface area (TPSA) is 57.1 Å². The van der Waals surface area contributed by atoms with Crippen LogP contribution in [0.1, 0.15) is 5.56 Å². The molecule has 28 heavy (non-hydrogen) atoms. The molecule has 0 atom stereocenters. The molecule has 138 valence electrons. The summed E-state index contributed by atoms with van der Waals surface area (Å²) in [5.41, 5.74) is 2.72. The summed E-state index contributed by atoms with van der Waals surface area (Å²) in [5, 5.41) is 0.826. The van der Waals surface area contributed by atoms with Crippen LogP contribution in [0.2, 0.25) is 0 Å². The molecule has 5 heteroatoms. The monoisotopic (exact) mass is 369 g/mol. The lowest BCUT2D eigenvalue weighted by molar-refractivity contribution is 0.375. The van der Waals surface area contributed by atoms with E-state index in [2.05, 4.69) is 21.5 Å². The molecule has 5 nitrogen and oxygen atoms in total. The second-order valence-corrected chi connectivity index (χ2v) is 6.19. The fourth-order valence-electron chi connectivity index (χ4n) is 2.94. The summed E-state index contributed by atoms with van der Waals surface area (Å²) in [6.45, 7) is 3.78. The van der Waals surface area contributed by atoms with Gasteiger partial charge in [0.1, 0.15) is 0 Å². The van der Waals surface area contributed by atoms with Gasteiger partial charge in [-0.3, -0.25) is 4.98 Å². The van der Waals surface area contributed by atoms with E-state index in [-0.39, 0.29) is 0 Å². The van der Waals surface area contributed by atoms with Crippen molar-refractivity contribution in [2.45, 2.75) is 6.42 Å². The summed E-state index contributed by atoms with van der Waals surface area (Å²) >= 11 is 0. The SMILES string of the molecule is C=CCc1ccc(Oc2nc(-c3cccnc3)nc3ccccc23)c(OC)c1. The number of ether oxygens (including phenoxy) is 2. The lowest BCUT2D eigenvalue weighted by Crippen LogP contribution is -1.98. The first kappa shape index (κ1) is 17.7. The molecule has 2 heterocycles. The van der Waals surface area contributed by atoms with Gasteiger partial charge < -0.3 is 9.47 Å². The van der Waals surface area contributed by atoms with E-state index < -0.39 is 0 Å². The molecule has 0 saturated carbocycles. The van der Waals surface area contributed by atoms with Crippen LogP contribution in [0, 0.1) is 0 Å². The number of fused-ring (bicyclic) bond motifs is 1. The largest absolute Gasteiger partial charge is 0.493 e. The maximum Gasteiger partial charge on any atom is 0.230 e. The van der Waals surface area contributed by atoms with Crippen molar-refractivity contribution in [1.82, 2.24) is 15.0 Å². The molecule has 0 amide bonds. The van der Waals surface area contributed by atoms with Crippen LogP contribution in [0.3, 0.4) is 0 Å². The Kier molecular flexibility index (Phi) is 4.97. The maximum atomic E-state index is 6.19. The highest BCUT2D eigenvalue weighted by Crippen LogP contribution is 2.35. The molecule has 0 spiro atoms. The third-order valence-electron chi connectivity index (χ3n) is 4.30. The number of benzene rings is 2. The summed E-state index contributed by atoms with van der Waals surface area (Å²) in [6.07, 6.45) is 6.07. The number of hydrogen-bond acceptors (Lipinski definition) is 5. The molecule has 0 radical (unpaired) electrons. The predicted octanol–water partition coefficient (Wildman–Crippen LogP) is 5.22. The predicted molar refractivity (Wildman–Crippen MR) is 110 cm³/mol. The molecule has 0 fully saturated rings. The Morgan fingerprint density at radius 3 is 2.68 bits per heavy atom. The first-order chi connectivity index (χ1) is 13.8. The number of para-hydroxylation sites is 1. The van der Waals surface area contributed by atoms with Crippen LogP contribution in [0.4, 0.5) is 0 Å². The zero-order chi connectivity index (χ0) is 19.3. The van der Waals surface area contributed by atoms with Crippen molar-refractivity contribution >= 4 is 10.9 Å². The van der Waals surface area contributed by atoms with Gasteiger partial charge in [0.05, 0.1) is 18.0 Å². The molecule has 0 aliphatic rings. The molecule has 0 aliphatic heterocycles. The highest BCUT2D eigenvalue weighted by Gasteiger charge is 2.14. The molecular formula is C23H19N3O2.